The van der Waals surface area contributed by atoms with Crippen molar-refractivity contribution < 1.29 is 5.11 Å². The molecule has 1 N–H and O–H groups in total. The molecule has 13 heavy (non-hydrogen) atoms. The zero-order valence-electron chi connectivity index (χ0n) is 8.29. The van der Waals surface area contributed by atoms with Crippen molar-refractivity contribution in [3.8, 4) is 0 Å². The third kappa shape index (κ3) is 3.87. The Bertz CT molecular complexity index is 247. The van der Waals surface area contributed by atoms with Crippen LogP contribution < -0.4 is 0 Å². The number of thiazole rings is 1. The Morgan fingerprint density at radius 2 is 2.38 bits per heavy atom. The van der Waals surface area contributed by atoms with E-state index in [1.807, 2.05) is 13.8 Å². The molecule has 1 heterocycles. The SMILES string of the molecule is CCC(O)CCCc1nc(C)cs1. The molecular weight excluding hydrogens is 182 g/mol. The number of aromatic nitrogens is 1. The lowest BCUT2D eigenvalue weighted by molar-refractivity contribution is 0.158. The largest absolute Gasteiger partial charge is 0.393 e. The number of rotatable bonds is 5. The summed E-state index contributed by atoms with van der Waals surface area (Å²) in [5.74, 6) is 0. The van der Waals surface area contributed by atoms with Crippen molar-refractivity contribution in [2.24, 2.45) is 0 Å². The maximum absolute atomic E-state index is 9.32. The quantitative estimate of drug-likeness (QED) is 0.790. The van der Waals surface area contributed by atoms with Gasteiger partial charge in [0.2, 0.25) is 0 Å². The predicted octanol–water partition coefficient (Wildman–Crippen LogP) is 2.55. The van der Waals surface area contributed by atoms with E-state index in [-0.39, 0.29) is 6.10 Å². The van der Waals surface area contributed by atoms with Gasteiger partial charge in [0.05, 0.1) is 11.1 Å². The normalized spacial score (nSPS) is 13.2. The topological polar surface area (TPSA) is 33.1 Å². The van der Waals surface area contributed by atoms with Crippen LogP contribution >= 0.6 is 11.3 Å². The van der Waals surface area contributed by atoms with Crippen LogP contribution in [0.15, 0.2) is 5.38 Å². The second-order valence-electron chi connectivity index (χ2n) is 3.34. The molecule has 1 rings (SSSR count). The Labute approximate surface area is 83.6 Å². The van der Waals surface area contributed by atoms with Gasteiger partial charge in [-0.1, -0.05) is 6.92 Å². The van der Waals surface area contributed by atoms with Crippen LogP contribution in [0, 0.1) is 6.92 Å². The molecule has 0 aliphatic carbocycles. The summed E-state index contributed by atoms with van der Waals surface area (Å²) in [6.45, 7) is 4.03. The maximum atomic E-state index is 9.32. The Balaban J connectivity index is 2.20. The van der Waals surface area contributed by atoms with Crippen LogP contribution in [0.4, 0.5) is 0 Å². The standard InChI is InChI=1S/C10H17NOS/c1-3-9(12)5-4-6-10-11-8(2)7-13-10/h7,9,12H,3-6H2,1-2H3. The van der Waals surface area contributed by atoms with Gasteiger partial charge in [-0.05, 0) is 32.6 Å². The summed E-state index contributed by atoms with van der Waals surface area (Å²) in [6, 6.07) is 0. The average Bonchev–Trinajstić information content (AvgIpc) is 2.51. The van der Waals surface area contributed by atoms with E-state index in [2.05, 4.69) is 10.4 Å². The highest BCUT2D eigenvalue weighted by atomic mass is 32.1. The Morgan fingerprint density at radius 3 is 2.92 bits per heavy atom. The zero-order valence-corrected chi connectivity index (χ0v) is 9.10. The summed E-state index contributed by atoms with van der Waals surface area (Å²) >= 11 is 1.72. The highest BCUT2D eigenvalue weighted by Crippen LogP contribution is 2.13. The molecule has 1 unspecified atom stereocenters. The molecule has 0 aliphatic heterocycles. The molecule has 0 spiro atoms. The van der Waals surface area contributed by atoms with Crippen molar-refractivity contribution in [2.45, 2.75) is 45.6 Å². The molecule has 1 aromatic rings. The summed E-state index contributed by atoms with van der Waals surface area (Å²) < 4.78 is 0. The molecule has 0 saturated carbocycles. The lowest BCUT2D eigenvalue weighted by atomic mass is 10.1. The van der Waals surface area contributed by atoms with Gasteiger partial charge in [-0.3, -0.25) is 0 Å². The van der Waals surface area contributed by atoms with E-state index in [4.69, 9.17) is 0 Å². The molecule has 3 heteroatoms. The third-order valence-corrected chi connectivity index (χ3v) is 3.09. The molecule has 0 fully saturated rings. The van der Waals surface area contributed by atoms with Gasteiger partial charge in [-0.2, -0.15) is 0 Å². The second kappa shape index (κ2) is 5.35. The molecule has 0 aromatic carbocycles. The minimum Gasteiger partial charge on any atom is -0.393 e. The Hall–Kier alpha value is -0.410. The van der Waals surface area contributed by atoms with Crippen molar-refractivity contribution in [1.29, 1.82) is 0 Å². The minimum atomic E-state index is -0.124. The van der Waals surface area contributed by atoms with Gasteiger partial charge >= 0.3 is 0 Å². The lowest BCUT2D eigenvalue weighted by Gasteiger charge is -2.05. The smallest absolute Gasteiger partial charge is 0.0928 e. The van der Waals surface area contributed by atoms with E-state index in [1.54, 1.807) is 11.3 Å². The van der Waals surface area contributed by atoms with Gasteiger partial charge in [0.15, 0.2) is 0 Å². The highest BCUT2D eigenvalue weighted by Gasteiger charge is 2.02. The molecule has 0 radical (unpaired) electrons. The van der Waals surface area contributed by atoms with E-state index in [0.29, 0.717) is 0 Å². The zero-order chi connectivity index (χ0) is 9.68. The number of aryl methyl sites for hydroxylation is 2. The monoisotopic (exact) mass is 199 g/mol. The molecule has 2 nitrogen and oxygen atoms in total. The molecule has 0 aliphatic rings. The van der Waals surface area contributed by atoms with Crippen LogP contribution in [-0.2, 0) is 6.42 Å². The fourth-order valence-electron chi connectivity index (χ4n) is 1.21. The average molecular weight is 199 g/mol. The predicted molar refractivity (Wildman–Crippen MR) is 56.1 cm³/mol. The summed E-state index contributed by atoms with van der Waals surface area (Å²) in [7, 11) is 0. The van der Waals surface area contributed by atoms with Crippen molar-refractivity contribution in [1.82, 2.24) is 4.98 Å². The Kier molecular flexibility index (Phi) is 4.39. The molecule has 1 atom stereocenters. The fraction of sp³-hybridized carbons (Fsp3) is 0.700. The first-order chi connectivity index (χ1) is 6.22. The van der Waals surface area contributed by atoms with Gasteiger partial charge < -0.3 is 5.11 Å². The van der Waals surface area contributed by atoms with Crippen LogP contribution in [0.2, 0.25) is 0 Å². The summed E-state index contributed by atoms with van der Waals surface area (Å²) in [6.07, 6.45) is 3.69. The number of aliphatic hydroxyl groups excluding tert-OH is 1. The molecule has 0 saturated heterocycles. The summed E-state index contributed by atoms with van der Waals surface area (Å²) in [5.41, 5.74) is 1.11. The fourth-order valence-corrected chi connectivity index (χ4v) is 2.03. The number of hydrogen-bond donors (Lipinski definition) is 1. The van der Waals surface area contributed by atoms with E-state index in [1.165, 1.54) is 5.01 Å². The van der Waals surface area contributed by atoms with E-state index < -0.39 is 0 Å². The number of aliphatic hydroxyl groups is 1. The Morgan fingerprint density at radius 1 is 1.62 bits per heavy atom. The minimum absolute atomic E-state index is 0.124. The molecule has 1 aromatic heterocycles. The third-order valence-electron chi connectivity index (χ3n) is 2.07. The number of hydrogen-bond acceptors (Lipinski definition) is 3. The van der Waals surface area contributed by atoms with Crippen molar-refractivity contribution >= 4 is 11.3 Å². The van der Waals surface area contributed by atoms with Gasteiger partial charge in [0.25, 0.3) is 0 Å². The van der Waals surface area contributed by atoms with Gasteiger partial charge in [-0.15, -0.1) is 11.3 Å². The van der Waals surface area contributed by atoms with Gasteiger partial charge in [0.1, 0.15) is 0 Å². The first-order valence-electron chi connectivity index (χ1n) is 4.81. The summed E-state index contributed by atoms with van der Waals surface area (Å²) in [5, 5.41) is 12.6. The van der Waals surface area contributed by atoms with E-state index in [0.717, 1.165) is 31.4 Å². The van der Waals surface area contributed by atoms with Gasteiger partial charge in [0, 0.05) is 11.1 Å². The first kappa shape index (κ1) is 10.7. The second-order valence-corrected chi connectivity index (χ2v) is 4.28. The molecule has 0 amide bonds. The molecule has 0 bridgehead atoms. The van der Waals surface area contributed by atoms with Crippen molar-refractivity contribution in [3.05, 3.63) is 16.1 Å². The summed E-state index contributed by atoms with van der Waals surface area (Å²) in [4.78, 5) is 4.37. The first-order valence-corrected chi connectivity index (χ1v) is 5.69. The highest BCUT2D eigenvalue weighted by molar-refractivity contribution is 7.09. The van der Waals surface area contributed by atoms with Crippen LogP contribution in [0.3, 0.4) is 0 Å². The van der Waals surface area contributed by atoms with Crippen molar-refractivity contribution in [2.75, 3.05) is 0 Å². The maximum Gasteiger partial charge on any atom is 0.0928 e. The lowest BCUT2D eigenvalue weighted by Crippen LogP contribution is -2.04. The molecule has 74 valence electrons. The van der Waals surface area contributed by atoms with Crippen LogP contribution in [0.5, 0.6) is 0 Å². The van der Waals surface area contributed by atoms with Crippen LogP contribution in [0.25, 0.3) is 0 Å². The van der Waals surface area contributed by atoms with Crippen LogP contribution in [0.1, 0.15) is 36.9 Å². The van der Waals surface area contributed by atoms with Crippen molar-refractivity contribution in [3.63, 3.8) is 0 Å². The van der Waals surface area contributed by atoms with Crippen LogP contribution in [-0.4, -0.2) is 16.2 Å². The van der Waals surface area contributed by atoms with E-state index in [9.17, 15) is 5.11 Å². The van der Waals surface area contributed by atoms with Gasteiger partial charge in [-0.25, -0.2) is 4.98 Å². The number of nitrogens with zero attached hydrogens (tertiary/aromatic N) is 1. The van der Waals surface area contributed by atoms with E-state index >= 15 is 0 Å². The molecular formula is C10H17NOS.